The minimum absolute atomic E-state index is 0.0669. The van der Waals surface area contributed by atoms with E-state index in [2.05, 4.69) is 6.92 Å². The summed E-state index contributed by atoms with van der Waals surface area (Å²) in [5, 5.41) is 9.51. The molecule has 2 aromatic carbocycles. The van der Waals surface area contributed by atoms with E-state index in [4.69, 9.17) is 4.74 Å². The zero-order valence-corrected chi connectivity index (χ0v) is 22.6. The van der Waals surface area contributed by atoms with Gasteiger partial charge in [-0.1, -0.05) is 121 Å². The van der Waals surface area contributed by atoms with Gasteiger partial charge < -0.3 is 9.84 Å². The molecule has 3 heteroatoms. The summed E-state index contributed by atoms with van der Waals surface area (Å²) in [4.78, 5) is 12.4. The van der Waals surface area contributed by atoms with Crippen LogP contribution < -0.4 is 4.74 Å². The lowest BCUT2D eigenvalue weighted by molar-refractivity contribution is 0.104. The number of ether oxygens (including phenoxy) is 1. The van der Waals surface area contributed by atoms with Crippen molar-refractivity contribution in [1.29, 1.82) is 0 Å². The molecule has 0 saturated carbocycles. The van der Waals surface area contributed by atoms with Crippen molar-refractivity contribution in [3.8, 4) is 11.5 Å². The van der Waals surface area contributed by atoms with E-state index in [1.807, 2.05) is 18.2 Å². The summed E-state index contributed by atoms with van der Waals surface area (Å²) in [5.41, 5.74) is 1.42. The molecule has 1 N–H and O–H groups in total. The van der Waals surface area contributed by atoms with Crippen LogP contribution >= 0.6 is 0 Å². The number of benzene rings is 2. The fourth-order valence-electron chi connectivity index (χ4n) is 4.45. The van der Waals surface area contributed by atoms with E-state index in [-0.39, 0.29) is 11.5 Å². The quantitative estimate of drug-likeness (QED) is 0.107. The molecular weight excluding hydrogens is 444 g/mol. The van der Waals surface area contributed by atoms with Crippen molar-refractivity contribution in [2.24, 2.45) is 0 Å². The van der Waals surface area contributed by atoms with Crippen molar-refractivity contribution in [1.82, 2.24) is 0 Å². The van der Waals surface area contributed by atoms with Crippen LogP contribution in [0.25, 0.3) is 6.08 Å². The molecule has 0 aliphatic carbocycles. The van der Waals surface area contributed by atoms with Gasteiger partial charge in [-0.3, -0.25) is 4.79 Å². The average Bonchev–Trinajstić information content (AvgIpc) is 2.89. The zero-order valence-electron chi connectivity index (χ0n) is 22.6. The first-order valence-corrected chi connectivity index (χ1v) is 14.4. The number of rotatable bonds is 21. The monoisotopic (exact) mass is 492 g/mol. The number of carbonyl (C=O) groups is 1. The number of allylic oxidation sites excluding steroid dienone is 1. The Morgan fingerprint density at radius 1 is 0.722 bits per heavy atom. The number of aromatic hydroxyl groups is 1. The number of unbranched alkanes of at least 4 members (excludes halogenated alkanes) is 15. The van der Waals surface area contributed by atoms with Crippen LogP contribution in [-0.4, -0.2) is 17.5 Å². The highest BCUT2D eigenvalue weighted by atomic mass is 16.5. The molecule has 3 nitrogen and oxygen atoms in total. The summed E-state index contributed by atoms with van der Waals surface area (Å²) in [6.07, 6.45) is 25.1. The molecule has 198 valence electrons. The molecule has 0 aliphatic heterocycles. The number of hydrogen-bond donors (Lipinski definition) is 1. The van der Waals surface area contributed by atoms with E-state index < -0.39 is 0 Å². The predicted octanol–water partition coefficient (Wildman–Crippen LogP) is 9.93. The van der Waals surface area contributed by atoms with Gasteiger partial charge in [-0.25, -0.2) is 0 Å². The van der Waals surface area contributed by atoms with Crippen LogP contribution in [0, 0.1) is 0 Å². The Kier molecular flexibility index (Phi) is 16.2. The van der Waals surface area contributed by atoms with Gasteiger partial charge in [0, 0.05) is 5.56 Å². The van der Waals surface area contributed by atoms with Crippen molar-refractivity contribution >= 4 is 11.9 Å². The van der Waals surface area contributed by atoms with Gasteiger partial charge >= 0.3 is 0 Å². The van der Waals surface area contributed by atoms with Gasteiger partial charge in [0.15, 0.2) is 5.78 Å². The topological polar surface area (TPSA) is 46.5 Å². The number of phenols is 1. The number of phenolic OH excluding ortho intramolecular Hbond substituents is 1. The van der Waals surface area contributed by atoms with Crippen molar-refractivity contribution < 1.29 is 14.6 Å². The Balaban J connectivity index is 1.43. The minimum atomic E-state index is -0.0669. The second-order valence-electron chi connectivity index (χ2n) is 9.97. The van der Waals surface area contributed by atoms with Crippen LogP contribution in [0.1, 0.15) is 126 Å². The van der Waals surface area contributed by atoms with Gasteiger partial charge in [0.1, 0.15) is 11.5 Å². The molecule has 0 heterocycles. The first kappa shape index (κ1) is 29.7. The molecule has 0 saturated heterocycles. The second kappa shape index (κ2) is 19.6. The smallest absolute Gasteiger partial charge is 0.185 e. The summed E-state index contributed by atoms with van der Waals surface area (Å²) in [6, 6.07) is 14.2. The summed E-state index contributed by atoms with van der Waals surface area (Å²) >= 11 is 0. The van der Waals surface area contributed by atoms with Gasteiger partial charge in [0.2, 0.25) is 0 Å². The molecule has 0 unspecified atom stereocenters. The first-order chi connectivity index (χ1) is 17.7. The van der Waals surface area contributed by atoms with E-state index in [1.165, 1.54) is 102 Å². The van der Waals surface area contributed by atoms with Crippen molar-refractivity contribution in [3.63, 3.8) is 0 Å². The number of ketones is 1. The van der Waals surface area contributed by atoms with Crippen LogP contribution in [0.2, 0.25) is 0 Å². The highest BCUT2D eigenvalue weighted by molar-refractivity contribution is 6.06. The molecule has 36 heavy (non-hydrogen) atoms. The molecule has 2 rings (SSSR count). The lowest BCUT2D eigenvalue weighted by Crippen LogP contribution is -1.99. The highest BCUT2D eigenvalue weighted by Gasteiger charge is 2.03. The molecular formula is C33H48O3. The lowest BCUT2D eigenvalue weighted by Gasteiger charge is -2.07. The van der Waals surface area contributed by atoms with Crippen LogP contribution in [0.4, 0.5) is 0 Å². The lowest BCUT2D eigenvalue weighted by atomic mass is 10.0. The summed E-state index contributed by atoms with van der Waals surface area (Å²) in [5.74, 6) is 0.933. The summed E-state index contributed by atoms with van der Waals surface area (Å²) in [7, 11) is 0. The van der Waals surface area contributed by atoms with E-state index in [0.29, 0.717) is 5.56 Å². The molecule has 0 aliphatic rings. The van der Waals surface area contributed by atoms with Gasteiger partial charge in [0.25, 0.3) is 0 Å². The van der Waals surface area contributed by atoms with Crippen LogP contribution in [-0.2, 0) is 0 Å². The maximum absolute atomic E-state index is 12.4. The van der Waals surface area contributed by atoms with Crippen LogP contribution in [0.3, 0.4) is 0 Å². The zero-order chi connectivity index (χ0) is 25.7. The molecule has 0 fully saturated rings. The third-order valence-electron chi connectivity index (χ3n) is 6.70. The molecule has 0 atom stereocenters. The summed E-state index contributed by atoms with van der Waals surface area (Å²) in [6.45, 7) is 3.01. The molecule has 0 aromatic heterocycles. The first-order valence-electron chi connectivity index (χ1n) is 14.4. The van der Waals surface area contributed by atoms with Gasteiger partial charge in [0.05, 0.1) is 6.61 Å². The Morgan fingerprint density at radius 2 is 1.25 bits per heavy atom. The summed E-state index contributed by atoms with van der Waals surface area (Å²) < 4.78 is 5.85. The Morgan fingerprint density at radius 3 is 1.78 bits per heavy atom. The second-order valence-corrected chi connectivity index (χ2v) is 9.97. The Bertz CT molecular complexity index is 853. The van der Waals surface area contributed by atoms with Gasteiger partial charge in [-0.15, -0.1) is 0 Å². The maximum atomic E-state index is 12.4. The predicted molar refractivity (Wildman–Crippen MR) is 153 cm³/mol. The van der Waals surface area contributed by atoms with E-state index in [9.17, 15) is 9.90 Å². The Labute approximate surface area is 220 Å². The van der Waals surface area contributed by atoms with E-state index >= 15 is 0 Å². The number of carbonyl (C=O) groups excluding carboxylic acids is 1. The van der Waals surface area contributed by atoms with Crippen molar-refractivity contribution in [3.05, 3.63) is 65.7 Å². The normalized spacial score (nSPS) is 11.2. The molecule has 0 radical (unpaired) electrons. The largest absolute Gasteiger partial charge is 0.508 e. The van der Waals surface area contributed by atoms with Gasteiger partial charge in [-0.05, 0) is 54.5 Å². The fraction of sp³-hybridized carbons (Fsp3) is 0.545. The maximum Gasteiger partial charge on any atom is 0.185 e. The standard InChI is InChI=1S/C33H48O3/c1-2-3-4-5-6-7-8-9-10-11-12-13-14-15-16-17-27-36-32-24-22-30(23-25-32)33(35)26-21-29-19-18-20-31(34)28-29/h18-26,28,34H,2-17,27H2,1H3. The Hall–Kier alpha value is -2.55. The fourth-order valence-corrected chi connectivity index (χ4v) is 4.45. The van der Waals surface area contributed by atoms with Gasteiger partial charge in [-0.2, -0.15) is 0 Å². The van der Waals surface area contributed by atoms with E-state index in [0.717, 1.165) is 24.3 Å². The van der Waals surface area contributed by atoms with Crippen LogP contribution in [0.5, 0.6) is 11.5 Å². The number of hydrogen-bond acceptors (Lipinski definition) is 3. The molecule has 0 spiro atoms. The van der Waals surface area contributed by atoms with Crippen LogP contribution in [0.15, 0.2) is 54.6 Å². The van der Waals surface area contributed by atoms with Crippen molar-refractivity contribution in [2.75, 3.05) is 6.61 Å². The molecule has 0 bridgehead atoms. The molecule has 2 aromatic rings. The SMILES string of the molecule is CCCCCCCCCCCCCCCCCCOc1ccc(C(=O)C=Cc2cccc(O)c2)cc1. The minimum Gasteiger partial charge on any atom is -0.508 e. The third-order valence-corrected chi connectivity index (χ3v) is 6.70. The van der Waals surface area contributed by atoms with Crippen molar-refractivity contribution in [2.45, 2.75) is 110 Å². The highest BCUT2D eigenvalue weighted by Crippen LogP contribution is 2.17. The third kappa shape index (κ3) is 14.1. The molecule has 0 amide bonds. The van der Waals surface area contributed by atoms with E-state index in [1.54, 1.807) is 36.4 Å². The average molecular weight is 493 g/mol.